The predicted molar refractivity (Wildman–Crippen MR) is 104 cm³/mol. The van der Waals surface area contributed by atoms with Crippen LogP contribution in [-0.2, 0) is 4.79 Å². The van der Waals surface area contributed by atoms with E-state index in [0.29, 0.717) is 17.2 Å². The first-order valence-corrected chi connectivity index (χ1v) is 9.78. The van der Waals surface area contributed by atoms with Crippen molar-refractivity contribution in [3.63, 3.8) is 0 Å². The van der Waals surface area contributed by atoms with Crippen molar-refractivity contribution in [2.24, 2.45) is 0 Å². The van der Waals surface area contributed by atoms with E-state index in [4.69, 9.17) is 0 Å². The van der Waals surface area contributed by atoms with E-state index in [1.165, 1.54) is 11.8 Å². The number of benzene rings is 1. The molecule has 2 amide bonds. The SMILES string of the molecule is Cc1ccc(NC(=O)C2CSCN2C(=O)c2cncc(Br)c2)cc1C. The van der Waals surface area contributed by atoms with Gasteiger partial charge < -0.3 is 10.2 Å². The second kappa shape index (κ2) is 7.58. The maximum absolute atomic E-state index is 12.7. The van der Waals surface area contributed by atoms with Crippen molar-refractivity contribution in [2.75, 3.05) is 16.9 Å². The van der Waals surface area contributed by atoms with Crippen LogP contribution >= 0.6 is 27.7 Å². The number of pyridine rings is 1. The van der Waals surface area contributed by atoms with E-state index in [9.17, 15) is 9.59 Å². The summed E-state index contributed by atoms with van der Waals surface area (Å²) >= 11 is 4.90. The molecule has 0 bridgehead atoms. The van der Waals surface area contributed by atoms with E-state index in [2.05, 4.69) is 26.2 Å². The Labute approximate surface area is 159 Å². The van der Waals surface area contributed by atoms with E-state index in [1.54, 1.807) is 28.9 Å². The van der Waals surface area contributed by atoms with Crippen molar-refractivity contribution in [3.8, 4) is 0 Å². The lowest BCUT2D eigenvalue weighted by Crippen LogP contribution is -2.44. The smallest absolute Gasteiger partial charge is 0.256 e. The van der Waals surface area contributed by atoms with Crippen LogP contribution in [0.5, 0.6) is 0 Å². The molecule has 0 saturated carbocycles. The Hall–Kier alpha value is -1.86. The first-order chi connectivity index (χ1) is 12.0. The molecule has 1 N–H and O–H groups in total. The second-order valence-corrected chi connectivity index (χ2v) is 7.89. The highest BCUT2D eigenvalue weighted by atomic mass is 79.9. The molecular formula is C18H18BrN3O2S. The quantitative estimate of drug-likeness (QED) is 0.824. The van der Waals surface area contributed by atoms with Crippen molar-refractivity contribution >= 4 is 45.2 Å². The summed E-state index contributed by atoms with van der Waals surface area (Å²) in [5.41, 5.74) is 3.52. The standard InChI is InChI=1S/C18H18BrN3O2S/c1-11-3-4-15(5-12(11)2)21-17(23)16-9-25-10-22(16)18(24)13-6-14(19)8-20-7-13/h3-8,16H,9-10H2,1-2H3,(H,21,23). The molecule has 0 radical (unpaired) electrons. The summed E-state index contributed by atoms with van der Waals surface area (Å²) in [6.07, 6.45) is 3.15. The lowest BCUT2D eigenvalue weighted by molar-refractivity contribution is -0.119. The number of rotatable bonds is 3. The van der Waals surface area contributed by atoms with Crippen LogP contribution in [-0.4, -0.2) is 39.4 Å². The fourth-order valence-electron chi connectivity index (χ4n) is 2.60. The Bertz CT molecular complexity index is 828. The second-order valence-electron chi connectivity index (χ2n) is 5.97. The molecule has 0 aliphatic carbocycles. The van der Waals surface area contributed by atoms with Crippen LogP contribution in [0.25, 0.3) is 0 Å². The molecule has 1 saturated heterocycles. The molecule has 5 nitrogen and oxygen atoms in total. The summed E-state index contributed by atoms with van der Waals surface area (Å²) in [4.78, 5) is 31.1. The molecular weight excluding hydrogens is 402 g/mol. The number of carbonyl (C=O) groups excluding carboxylic acids is 2. The number of hydrogen-bond donors (Lipinski definition) is 1. The first-order valence-electron chi connectivity index (χ1n) is 7.83. The maximum atomic E-state index is 12.7. The van der Waals surface area contributed by atoms with Crippen molar-refractivity contribution < 1.29 is 9.59 Å². The summed E-state index contributed by atoms with van der Waals surface area (Å²) < 4.78 is 0.737. The zero-order chi connectivity index (χ0) is 18.0. The fraction of sp³-hybridized carbons (Fsp3) is 0.278. The molecule has 1 atom stereocenters. The molecule has 25 heavy (non-hydrogen) atoms. The van der Waals surface area contributed by atoms with Gasteiger partial charge in [0.1, 0.15) is 6.04 Å². The number of hydrogen-bond acceptors (Lipinski definition) is 4. The Morgan fingerprint density at radius 2 is 2.04 bits per heavy atom. The van der Waals surface area contributed by atoms with Crippen molar-refractivity contribution in [1.82, 2.24) is 9.88 Å². The van der Waals surface area contributed by atoms with Gasteiger partial charge in [-0.3, -0.25) is 14.6 Å². The highest BCUT2D eigenvalue weighted by Gasteiger charge is 2.35. The van der Waals surface area contributed by atoms with Gasteiger partial charge in [0, 0.05) is 28.3 Å². The average molecular weight is 420 g/mol. The van der Waals surface area contributed by atoms with E-state index < -0.39 is 6.04 Å². The summed E-state index contributed by atoms with van der Waals surface area (Å²) in [7, 11) is 0. The average Bonchev–Trinajstić information content (AvgIpc) is 3.07. The van der Waals surface area contributed by atoms with Crippen LogP contribution in [0.1, 0.15) is 21.5 Å². The summed E-state index contributed by atoms with van der Waals surface area (Å²) in [6, 6.07) is 7.03. The molecule has 2 aromatic rings. The van der Waals surface area contributed by atoms with Crippen molar-refractivity contribution in [1.29, 1.82) is 0 Å². The zero-order valence-corrected chi connectivity index (χ0v) is 16.4. The summed E-state index contributed by atoms with van der Waals surface area (Å²) in [5.74, 6) is 0.740. The third-order valence-corrected chi connectivity index (χ3v) is 5.62. The molecule has 0 spiro atoms. The topological polar surface area (TPSA) is 62.3 Å². The number of aromatic nitrogens is 1. The van der Waals surface area contributed by atoms with Crippen LogP contribution in [0.4, 0.5) is 5.69 Å². The fourth-order valence-corrected chi connectivity index (χ4v) is 4.12. The van der Waals surface area contributed by atoms with Gasteiger partial charge in [0.15, 0.2) is 0 Å². The highest BCUT2D eigenvalue weighted by molar-refractivity contribution is 9.10. The molecule has 1 unspecified atom stereocenters. The Balaban J connectivity index is 1.75. The Morgan fingerprint density at radius 1 is 1.24 bits per heavy atom. The molecule has 1 aromatic heterocycles. The molecule has 1 aliphatic heterocycles. The zero-order valence-electron chi connectivity index (χ0n) is 14.0. The monoisotopic (exact) mass is 419 g/mol. The van der Waals surface area contributed by atoms with Gasteiger partial charge in [0.25, 0.3) is 5.91 Å². The lowest BCUT2D eigenvalue weighted by atomic mass is 10.1. The van der Waals surface area contributed by atoms with Crippen LogP contribution in [0.3, 0.4) is 0 Å². The minimum atomic E-state index is -0.488. The number of anilines is 1. The number of amides is 2. The number of aryl methyl sites for hydroxylation is 2. The van der Waals surface area contributed by atoms with Crippen molar-refractivity contribution in [2.45, 2.75) is 19.9 Å². The minimum absolute atomic E-state index is 0.162. The van der Waals surface area contributed by atoms with Crippen molar-refractivity contribution in [3.05, 3.63) is 57.8 Å². The lowest BCUT2D eigenvalue weighted by Gasteiger charge is -2.23. The molecule has 1 aliphatic rings. The van der Waals surface area contributed by atoms with Gasteiger partial charge in [-0.25, -0.2) is 0 Å². The maximum Gasteiger partial charge on any atom is 0.256 e. The summed E-state index contributed by atoms with van der Waals surface area (Å²) in [6.45, 7) is 4.04. The van der Waals surface area contributed by atoms with Crippen LogP contribution < -0.4 is 5.32 Å². The normalized spacial score (nSPS) is 16.8. The number of carbonyl (C=O) groups is 2. The number of thioether (sulfide) groups is 1. The van der Waals surface area contributed by atoms with Gasteiger partial charge in [0.05, 0.1) is 11.4 Å². The van der Waals surface area contributed by atoms with E-state index in [-0.39, 0.29) is 11.8 Å². The van der Waals surface area contributed by atoms with Gasteiger partial charge in [-0.05, 0) is 59.1 Å². The van der Waals surface area contributed by atoms with Gasteiger partial charge in [-0.2, -0.15) is 0 Å². The van der Waals surface area contributed by atoms with E-state index in [1.807, 2.05) is 32.0 Å². The Morgan fingerprint density at radius 3 is 2.76 bits per heavy atom. The van der Waals surface area contributed by atoms with Crippen LogP contribution in [0.2, 0.25) is 0 Å². The number of nitrogens with zero attached hydrogens (tertiary/aromatic N) is 2. The largest absolute Gasteiger partial charge is 0.324 e. The first kappa shape index (κ1) is 17.9. The Kier molecular flexibility index (Phi) is 5.44. The predicted octanol–water partition coefficient (Wildman–Crippen LogP) is 3.61. The number of nitrogens with one attached hydrogen (secondary N) is 1. The number of halogens is 1. The molecule has 1 fully saturated rings. The van der Waals surface area contributed by atoms with E-state index >= 15 is 0 Å². The van der Waals surface area contributed by atoms with Crippen LogP contribution in [0.15, 0.2) is 41.1 Å². The molecule has 3 rings (SSSR count). The van der Waals surface area contributed by atoms with Gasteiger partial charge in [-0.1, -0.05) is 6.07 Å². The molecule has 130 valence electrons. The third kappa shape index (κ3) is 4.04. The molecule has 7 heteroatoms. The highest BCUT2D eigenvalue weighted by Crippen LogP contribution is 2.25. The van der Waals surface area contributed by atoms with E-state index in [0.717, 1.165) is 15.7 Å². The third-order valence-electron chi connectivity index (χ3n) is 4.17. The van der Waals surface area contributed by atoms with Crippen LogP contribution in [0, 0.1) is 13.8 Å². The summed E-state index contributed by atoms with van der Waals surface area (Å²) in [5, 5.41) is 2.93. The molecule has 1 aromatic carbocycles. The van der Waals surface area contributed by atoms with Gasteiger partial charge >= 0.3 is 0 Å². The van der Waals surface area contributed by atoms with Gasteiger partial charge in [0.2, 0.25) is 5.91 Å². The molecule has 2 heterocycles. The minimum Gasteiger partial charge on any atom is -0.324 e. The van der Waals surface area contributed by atoms with Gasteiger partial charge in [-0.15, -0.1) is 11.8 Å².